The van der Waals surface area contributed by atoms with Crippen molar-refractivity contribution in [1.29, 1.82) is 0 Å². The lowest BCUT2D eigenvalue weighted by Crippen LogP contribution is -1.73. The lowest BCUT2D eigenvalue weighted by molar-refractivity contribution is 1.41. The minimum Gasteiger partial charge on any atom is -0.256 e. The first kappa shape index (κ1) is 10.6. The van der Waals surface area contributed by atoms with Crippen molar-refractivity contribution in [3.05, 3.63) is 54.1 Å². The molecular formula is C12H11NS2. The molecule has 1 aliphatic rings. The van der Waals surface area contributed by atoms with Gasteiger partial charge in [0.2, 0.25) is 0 Å². The van der Waals surface area contributed by atoms with Crippen molar-refractivity contribution in [1.82, 2.24) is 4.98 Å². The summed E-state index contributed by atoms with van der Waals surface area (Å²) in [6.07, 6.45) is 3.97. The third-order valence-corrected chi connectivity index (χ3v) is 3.81. The second kappa shape index (κ2) is 5.83. The molecule has 0 N–H and O–H groups in total. The van der Waals surface area contributed by atoms with Crippen molar-refractivity contribution >= 4 is 32.5 Å². The van der Waals surface area contributed by atoms with Crippen LogP contribution in [0.1, 0.15) is 0 Å². The smallest absolute Gasteiger partial charge is 0.0701 e. The molecule has 1 aliphatic heterocycles. The maximum absolute atomic E-state index is 4.18. The van der Waals surface area contributed by atoms with Crippen molar-refractivity contribution < 1.29 is 0 Å². The summed E-state index contributed by atoms with van der Waals surface area (Å²) in [7, 11) is 3.69. The summed E-state index contributed by atoms with van der Waals surface area (Å²) in [6.45, 7) is 0. The predicted molar refractivity (Wildman–Crippen MR) is 70.9 cm³/mol. The molecule has 3 rings (SSSR count). The second-order valence-corrected chi connectivity index (χ2v) is 5.27. The van der Waals surface area contributed by atoms with E-state index in [1.165, 1.54) is 11.1 Å². The Hall–Kier alpha value is -0.930. The molecule has 0 radical (unpaired) electrons. The zero-order valence-corrected chi connectivity index (χ0v) is 9.80. The molecular weight excluding hydrogens is 222 g/mol. The summed E-state index contributed by atoms with van der Waals surface area (Å²) < 4.78 is 0. The number of para-hydroxylation sites is 1. The van der Waals surface area contributed by atoms with Gasteiger partial charge in [0, 0.05) is 17.3 Å². The van der Waals surface area contributed by atoms with E-state index in [-0.39, 0.29) is 0 Å². The topological polar surface area (TPSA) is 12.9 Å². The Kier molecular flexibility index (Phi) is 4.11. The molecule has 2 aromatic rings. The fraction of sp³-hybridized carbons (Fsp3) is 0.0833. The second-order valence-electron chi connectivity index (χ2n) is 2.95. The molecule has 76 valence electrons. The van der Waals surface area contributed by atoms with Crippen LogP contribution in [0.25, 0.3) is 10.9 Å². The molecule has 3 heteroatoms. The Labute approximate surface area is 97.4 Å². The van der Waals surface area contributed by atoms with Crippen molar-refractivity contribution in [3.8, 4) is 0 Å². The monoisotopic (exact) mass is 233 g/mol. The van der Waals surface area contributed by atoms with Gasteiger partial charge in [-0.15, -0.1) is 0 Å². The van der Waals surface area contributed by atoms with Gasteiger partial charge >= 0.3 is 0 Å². The maximum atomic E-state index is 4.18. The van der Waals surface area contributed by atoms with Crippen LogP contribution < -0.4 is 0 Å². The van der Waals surface area contributed by atoms with E-state index in [1.807, 2.05) is 52.1 Å². The van der Waals surface area contributed by atoms with Crippen molar-refractivity contribution in [2.75, 3.05) is 5.75 Å². The molecule has 0 saturated carbocycles. The molecule has 0 amide bonds. The normalized spacial score (nSPS) is 13.6. The van der Waals surface area contributed by atoms with Crippen LogP contribution in [0.5, 0.6) is 0 Å². The van der Waals surface area contributed by atoms with Gasteiger partial charge in [0.25, 0.3) is 0 Å². The van der Waals surface area contributed by atoms with E-state index < -0.39 is 0 Å². The van der Waals surface area contributed by atoms with Crippen LogP contribution in [-0.4, -0.2) is 10.7 Å². The Balaban J connectivity index is 0.000000144. The van der Waals surface area contributed by atoms with E-state index in [4.69, 9.17) is 0 Å². The molecule has 2 heterocycles. The van der Waals surface area contributed by atoms with Crippen LogP contribution in [-0.2, 0) is 0 Å². The summed E-state index contributed by atoms with van der Waals surface area (Å²) >= 11 is 0. The summed E-state index contributed by atoms with van der Waals surface area (Å²) in [5.74, 6) is 1.20. The molecule has 0 atom stereocenters. The molecule has 15 heavy (non-hydrogen) atoms. The van der Waals surface area contributed by atoms with Crippen LogP contribution in [0.2, 0.25) is 0 Å². The van der Waals surface area contributed by atoms with Gasteiger partial charge in [0.15, 0.2) is 0 Å². The molecule has 0 aliphatic carbocycles. The van der Waals surface area contributed by atoms with Gasteiger partial charge in [-0.3, -0.25) is 4.98 Å². The molecule has 0 spiro atoms. The van der Waals surface area contributed by atoms with Crippen LogP contribution >= 0.6 is 21.6 Å². The van der Waals surface area contributed by atoms with Crippen LogP contribution in [0.15, 0.2) is 54.1 Å². The lowest BCUT2D eigenvalue weighted by atomic mass is 10.2. The van der Waals surface area contributed by atoms with Gasteiger partial charge in [0.05, 0.1) is 5.52 Å². The fourth-order valence-electron chi connectivity index (χ4n) is 1.21. The van der Waals surface area contributed by atoms with Gasteiger partial charge in [-0.1, -0.05) is 51.9 Å². The summed E-state index contributed by atoms with van der Waals surface area (Å²) in [5, 5.41) is 3.31. The first-order valence-electron chi connectivity index (χ1n) is 4.70. The van der Waals surface area contributed by atoms with Crippen molar-refractivity contribution in [2.24, 2.45) is 0 Å². The predicted octanol–water partition coefficient (Wildman–Crippen LogP) is 4.13. The number of benzene rings is 1. The third kappa shape index (κ3) is 3.29. The molecule has 0 unspecified atom stereocenters. The zero-order chi connectivity index (χ0) is 10.3. The highest BCUT2D eigenvalue weighted by molar-refractivity contribution is 8.78. The summed E-state index contributed by atoms with van der Waals surface area (Å²) in [5.41, 5.74) is 1.06. The van der Waals surface area contributed by atoms with E-state index in [0.717, 1.165) is 5.52 Å². The number of aromatic nitrogens is 1. The quantitative estimate of drug-likeness (QED) is 0.635. The number of rotatable bonds is 0. The molecule has 1 aromatic carbocycles. The van der Waals surface area contributed by atoms with E-state index in [2.05, 4.69) is 28.6 Å². The minimum atomic E-state index is 1.06. The number of hydrogen-bond donors (Lipinski definition) is 0. The molecule has 0 saturated heterocycles. The summed E-state index contributed by atoms with van der Waals surface area (Å²) in [6, 6.07) is 12.1. The average molecular weight is 233 g/mol. The first-order valence-corrected chi connectivity index (χ1v) is 7.08. The molecule has 1 aromatic heterocycles. The van der Waals surface area contributed by atoms with Gasteiger partial charge in [-0.2, -0.15) is 0 Å². The van der Waals surface area contributed by atoms with E-state index >= 15 is 0 Å². The molecule has 0 fully saturated rings. The SMILES string of the molecule is C1=CSSC1.c1ccc2ncccc2c1. The number of fused-ring (bicyclic) bond motifs is 1. The first-order chi connectivity index (χ1) is 7.47. The Morgan fingerprint density at radius 1 is 1.07 bits per heavy atom. The van der Waals surface area contributed by atoms with Gasteiger partial charge in [-0.05, 0) is 17.5 Å². The van der Waals surface area contributed by atoms with E-state index in [0.29, 0.717) is 0 Å². The number of pyridine rings is 1. The molecule has 0 bridgehead atoms. The highest BCUT2D eigenvalue weighted by Gasteiger charge is 1.87. The highest BCUT2D eigenvalue weighted by atomic mass is 33.1. The van der Waals surface area contributed by atoms with E-state index in [9.17, 15) is 0 Å². The Bertz CT molecular complexity index is 383. The van der Waals surface area contributed by atoms with Crippen molar-refractivity contribution in [3.63, 3.8) is 0 Å². The average Bonchev–Trinajstić information content (AvgIpc) is 2.88. The fourth-order valence-corrected chi connectivity index (χ4v) is 2.78. The largest absolute Gasteiger partial charge is 0.256 e. The lowest BCUT2D eigenvalue weighted by Gasteiger charge is -1.91. The Morgan fingerprint density at radius 3 is 2.60 bits per heavy atom. The van der Waals surface area contributed by atoms with Crippen LogP contribution in [0.4, 0.5) is 0 Å². The maximum Gasteiger partial charge on any atom is 0.0701 e. The van der Waals surface area contributed by atoms with Crippen LogP contribution in [0, 0.1) is 0 Å². The van der Waals surface area contributed by atoms with Gasteiger partial charge < -0.3 is 0 Å². The Morgan fingerprint density at radius 2 is 1.93 bits per heavy atom. The van der Waals surface area contributed by atoms with Crippen molar-refractivity contribution in [2.45, 2.75) is 0 Å². The highest BCUT2D eigenvalue weighted by Crippen LogP contribution is 2.27. The van der Waals surface area contributed by atoms with Gasteiger partial charge in [-0.25, -0.2) is 0 Å². The van der Waals surface area contributed by atoms with Gasteiger partial charge in [0.1, 0.15) is 0 Å². The third-order valence-electron chi connectivity index (χ3n) is 1.90. The van der Waals surface area contributed by atoms with Crippen LogP contribution in [0.3, 0.4) is 0 Å². The minimum absolute atomic E-state index is 1.06. The molecule has 1 nitrogen and oxygen atoms in total. The standard InChI is InChI=1S/C9H7N.C3H4S2/c1-2-6-9-8(4-1)5-3-7-10-9;1-2-4-5-3-1/h1-7H;1-2H,3H2. The summed E-state index contributed by atoms with van der Waals surface area (Å²) in [4.78, 5) is 4.18. The zero-order valence-electron chi connectivity index (χ0n) is 8.17. The number of nitrogens with zero attached hydrogens (tertiary/aromatic N) is 1. The van der Waals surface area contributed by atoms with E-state index in [1.54, 1.807) is 0 Å². The number of hydrogen-bond acceptors (Lipinski definition) is 3.